The van der Waals surface area contributed by atoms with Crippen molar-refractivity contribution in [2.75, 3.05) is 18.8 Å². The number of thioether (sulfide) groups is 1. The molecule has 1 heterocycles. The van der Waals surface area contributed by atoms with E-state index < -0.39 is 0 Å². The van der Waals surface area contributed by atoms with E-state index in [4.69, 9.17) is 0 Å². The van der Waals surface area contributed by atoms with Gasteiger partial charge in [-0.2, -0.15) is 0 Å². The first kappa shape index (κ1) is 16.4. The number of hydrogen-bond acceptors (Lipinski definition) is 3. The number of hydrogen-bond donors (Lipinski definition) is 1. The van der Waals surface area contributed by atoms with Gasteiger partial charge in [0.25, 0.3) is 0 Å². The minimum atomic E-state index is -0.309. The van der Waals surface area contributed by atoms with Crippen molar-refractivity contribution in [3.8, 4) is 0 Å². The van der Waals surface area contributed by atoms with Crippen LogP contribution in [0.2, 0.25) is 0 Å². The van der Waals surface area contributed by atoms with Crippen LogP contribution in [0.3, 0.4) is 0 Å². The highest BCUT2D eigenvalue weighted by atomic mass is 32.2. The van der Waals surface area contributed by atoms with E-state index in [1.54, 1.807) is 0 Å². The van der Waals surface area contributed by atoms with Crippen molar-refractivity contribution in [2.45, 2.75) is 44.1 Å². The van der Waals surface area contributed by atoms with E-state index in [1.807, 2.05) is 16.7 Å². The van der Waals surface area contributed by atoms with Crippen molar-refractivity contribution < 1.29 is 9.90 Å². The molecule has 1 amide bonds. The zero-order valence-electron chi connectivity index (χ0n) is 12.9. The fourth-order valence-electron chi connectivity index (χ4n) is 2.52. The molecule has 0 spiro atoms. The Hall–Kier alpha value is -1.00. The first-order chi connectivity index (χ1) is 10.0. The number of amides is 1. The van der Waals surface area contributed by atoms with Gasteiger partial charge in [-0.15, -0.1) is 11.8 Å². The average molecular weight is 307 g/mol. The molecule has 116 valence electrons. The van der Waals surface area contributed by atoms with Crippen LogP contribution in [0, 0.1) is 12.8 Å². The number of aliphatic hydroxyl groups is 1. The molecule has 2 atom stereocenters. The van der Waals surface area contributed by atoms with Gasteiger partial charge in [-0.25, -0.2) is 0 Å². The topological polar surface area (TPSA) is 40.5 Å². The van der Waals surface area contributed by atoms with E-state index >= 15 is 0 Å². The molecule has 2 rings (SSSR count). The molecule has 0 aromatic heterocycles. The maximum Gasteiger partial charge on any atom is 0.222 e. The van der Waals surface area contributed by atoms with Crippen LogP contribution in [-0.2, 0) is 4.79 Å². The van der Waals surface area contributed by atoms with Gasteiger partial charge < -0.3 is 10.0 Å². The summed E-state index contributed by atoms with van der Waals surface area (Å²) in [7, 11) is 0. The molecule has 0 aliphatic carbocycles. The Morgan fingerprint density at radius 2 is 2.05 bits per heavy atom. The maximum atomic E-state index is 12.0. The van der Waals surface area contributed by atoms with Gasteiger partial charge in [0.2, 0.25) is 5.91 Å². The van der Waals surface area contributed by atoms with Gasteiger partial charge in [0.15, 0.2) is 0 Å². The highest BCUT2D eigenvalue weighted by Gasteiger charge is 2.22. The summed E-state index contributed by atoms with van der Waals surface area (Å²) in [6, 6.07) is 8.57. The molecule has 1 aromatic rings. The zero-order chi connectivity index (χ0) is 15.2. The van der Waals surface area contributed by atoms with Gasteiger partial charge in [-0.1, -0.05) is 24.6 Å². The predicted molar refractivity (Wildman–Crippen MR) is 87.5 cm³/mol. The Bertz CT molecular complexity index is 460. The van der Waals surface area contributed by atoms with E-state index in [9.17, 15) is 9.90 Å². The number of aryl methyl sites for hydroxylation is 1. The minimum Gasteiger partial charge on any atom is -0.393 e. The molecule has 0 radical (unpaired) electrons. The van der Waals surface area contributed by atoms with Crippen LogP contribution in [0.15, 0.2) is 29.2 Å². The van der Waals surface area contributed by atoms with Crippen LogP contribution in [0.5, 0.6) is 0 Å². The highest BCUT2D eigenvalue weighted by molar-refractivity contribution is 7.99. The maximum absolute atomic E-state index is 12.0. The van der Waals surface area contributed by atoms with Gasteiger partial charge in [0.1, 0.15) is 0 Å². The van der Waals surface area contributed by atoms with Crippen LogP contribution >= 0.6 is 11.8 Å². The van der Waals surface area contributed by atoms with Crippen LogP contribution in [0.25, 0.3) is 0 Å². The molecular formula is C17H25NO2S. The fraction of sp³-hybridized carbons (Fsp3) is 0.588. The van der Waals surface area contributed by atoms with Crippen LogP contribution < -0.4 is 0 Å². The van der Waals surface area contributed by atoms with Gasteiger partial charge >= 0.3 is 0 Å². The van der Waals surface area contributed by atoms with Crippen LogP contribution in [0.1, 0.15) is 31.7 Å². The van der Waals surface area contributed by atoms with E-state index in [1.165, 1.54) is 10.5 Å². The predicted octanol–water partition coefficient (Wildman–Crippen LogP) is 3.10. The number of likely N-dealkylation sites (tertiary alicyclic amines) is 1. The molecule has 1 fully saturated rings. The van der Waals surface area contributed by atoms with Crippen molar-refractivity contribution in [3.05, 3.63) is 29.8 Å². The van der Waals surface area contributed by atoms with Crippen LogP contribution in [-0.4, -0.2) is 40.9 Å². The molecule has 0 saturated carbocycles. The summed E-state index contributed by atoms with van der Waals surface area (Å²) in [5.74, 6) is 1.66. The molecule has 3 nitrogen and oxygen atoms in total. The minimum absolute atomic E-state index is 0.193. The van der Waals surface area contributed by atoms with Crippen molar-refractivity contribution in [1.29, 1.82) is 0 Å². The lowest BCUT2D eigenvalue weighted by molar-refractivity contribution is -0.131. The summed E-state index contributed by atoms with van der Waals surface area (Å²) in [5.41, 5.74) is 1.28. The molecule has 1 saturated heterocycles. The Morgan fingerprint density at radius 3 is 2.76 bits per heavy atom. The van der Waals surface area contributed by atoms with E-state index in [0.29, 0.717) is 31.7 Å². The van der Waals surface area contributed by atoms with E-state index in [0.717, 1.165) is 12.3 Å². The van der Waals surface area contributed by atoms with Crippen molar-refractivity contribution in [3.63, 3.8) is 0 Å². The number of rotatable bonds is 5. The molecule has 1 aliphatic rings. The summed E-state index contributed by atoms with van der Waals surface area (Å²) in [6.07, 6.45) is 1.50. The first-order valence-electron chi connectivity index (χ1n) is 7.70. The molecule has 1 aromatic carbocycles. The monoisotopic (exact) mass is 307 g/mol. The molecule has 0 bridgehead atoms. The summed E-state index contributed by atoms with van der Waals surface area (Å²) < 4.78 is 0. The lowest BCUT2D eigenvalue weighted by atomic mass is 10.2. The number of carbonyl (C=O) groups is 1. The standard InChI is InChI=1S/C17H25NO2S/c1-13-3-6-16(7-4-13)21-12-14(2)11-18-10-9-15(19)5-8-17(18)20/h3-4,6-7,14-15,19H,5,8-12H2,1-2H3/t14-,15-/m1/s1. The summed E-state index contributed by atoms with van der Waals surface area (Å²) in [4.78, 5) is 15.2. The second-order valence-electron chi connectivity index (χ2n) is 6.05. The lowest BCUT2D eigenvalue weighted by Gasteiger charge is -2.24. The first-order valence-corrected chi connectivity index (χ1v) is 8.68. The molecular weight excluding hydrogens is 282 g/mol. The van der Waals surface area contributed by atoms with Crippen molar-refractivity contribution in [2.24, 2.45) is 5.92 Å². The Labute approximate surface area is 131 Å². The van der Waals surface area contributed by atoms with Crippen LogP contribution in [0.4, 0.5) is 0 Å². The quantitative estimate of drug-likeness (QED) is 0.850. The molecule has 21 heavy (non-hydrogen) atoms. The third kappa shape index (κ3) is 5.36. The van der Waals surface area contributed by atoms with Gasteiger partial charge in [0, 0.05) is 30.2 Å². The number of benzene rings is 1. The Morgan fingerprint density at radius 1 is 1.33 bits per heavy atom. The lowest BCUT2D eigenvalue weighted by Crippen LogP contribution is -2.35. The molecule has 0 unspecified atom stereocenters. The number of nitrogens with zero attached hydrogens (tertiary/aromatic N) is 1. The second-order valence-corrected chi connectivity index (χ2v) is 7.14. The molecule has 1 N–H and O–H groups in total. The van der Waals surface area contributed by atoms with E-state index in [2.05, 4.69) is 38.1 Å². The normalized spacial score (nSPS) is 21.2. The fourth-order valence-corrected chi connectivity index (χ4v) is 3.43. The Kier molecular flexibility index (Phi) is 6.12. The van der Waals surface area contributed by atoms with E-state index in [-0.39, 0.29) is 12.0 Å². The van der Waals surface area contributed by atoms with Crippen molar-refractivity contribution >= 4 is 17.7 Å². The van der Waals surface area contributed by atoms with Crippen molar-refractivity contribution in [1.82, 2.24) is 4.90 Å². The zero-order valence-corrected chi connectivity index (χ0v) is 13.7. The third-order valence-corrected chi connectivity index (χ3v) is 5.21. The van der Waals surface area contributed by atoms with Gasteiger partial charge in [-0.05, 0) is 37.8 Å². The highest BCUT2D eigenvalue weighted by Crippen LogP contribution is 2.22. The molecule has 4 heteroatoms. The third-order valence-electron chi connectivity index (χ3n) is 3.86. The van der Waals surface area contributed by atoms with Gasteiger partial charge in [-0.3, -0.25) is 4.79 Å². The molecule has 1 aliphatic heterocycles. The number of carbonyl (C=O) groups excluding carboxylic acids is 1. The summed E-state index contributed by atoms with van der Waals surface area (Å²) >= 11 is 1.85. The SMILES string of the molecule is Cc1ccc(SC[C@H](C)CN2CC[C@H](O)CCC2=O)cc1. The summed E-state index contributed by atoms with van der Waals surface area (Å²) in [6.45, 7) is 5.77. The largest absolute Gasteiger partial charge is 0.393 e. The van der Waals surface area contributed by atoms with Gasteiger partial charge in [0.05, 0.1) is 6.10 Å². The number of aliphatic hydroxyl groups excluding tert-OH is 1. The second kappa shape index (κ2) is 7.85. The Balaban J connectivity index is 1.79. The smallest absolute Gasteiger partial charge is 0.222 e. The summed E-state index contributed by atoms with van der Waals surface area (Å²) in [5, 5.41) is 9.65. The average Bonchev–Trinajstić information content (AvgIpc) is 2.62.